The number of non-ortho nitro benzene ring substituents is 1. The lowest BCUT2D eigenvalue weighted by Crippen LogP contribution is -2.14. The van der Waals surface area contributed by atoms with Gasteiger partial charge in [0.25, 0.3) is 11.2 Å². The number of hydrogen-bond acceptors (Lipinski definition) is 4. The molecule has 2 aromatic heterocycles. The number of nitrogens with zero attached hydrogens (tertiary/aromatic N) is 3. The minimum atomic E-state index is -0.477. The van der Waals surface area contributed by atoms with Crippen LogP contribution in [0.3, 0.4) is 0 Å². The number of benzene rings is 2. The van der Waals surface area contributed by atoms with Crippen LogP contribution in [0.5, 0.6) is 0 Å². The lowest BCUT2D eigenvalue weighted by Gasteiger charge is -2.00. The molecule has 7 nitrogen and oxygen atoms in total. The largest absolute Gasteiger partial charge is 0.290 e. The summed E-state index contributed by atoms with van der Waals surface area (Å²) in [4.78, 5) is 27.1. The Hall–Kier alpha value is -3.48. The summed E-state index contributed by atoms with van der Waals surface area (Å²) in [6.07, 6.45) is 1.54. The molecule has 2 heterocycles. The van der Waals surface area contributed by atoms with E-state index in [9.17, 15) is 14.9 Å². The van der Waals surface area contributed by atoms with E-state index in [2.05, 4.69) is 10.1 Å². The summed E-state index contributed by atoms with van der Waals surface area (Å²) in [7, 11) is 0. The number of hydrogen-bond donors (Lipinski definition) is 1. The second kappa shape index (κ2) is 4.77. The molecule has 23 heavy (non-hydrogen) atoms. The first-order chi connectivity index (χ1) is 11.1. The molecular weight excluding hydrogens is 296 g/mol. The monoisotopic (exact) mass is 306 g/mol. The third-order valence-electron chi connectivity index (χ3n) is 3.75. The van der Waals surface area contributed by atoms with Crippen molar-refractivity contribution in [3.05, 3.63) is 75.2 Å². The van der Waals surface area contributed by atoms with Crippen molar-refractivity contribution in [2.45, 2.75) is 0 Å². The third kappa shape index (κ3) is 1.98. The van der Waals surface area contributed by atoms with Gasteiger partial charge in [0.05, 0.1) is 27.0 Å². The van der Waals surface area contributed by atoms with Gasteiger partial charge in [0.2, 0.25) is 0 Å². The maximum atomic E-state index is 12.5. The number of rotatable bonds is 2. The van der Waals surface area contributed by atoms with Gasteiger partial charge in [-0.2, -0.15) is 0 Å². The Labute approximate surface area is 128 Å². The Morgan fingerprint density at radius 2 is 1.78 bits per heavy atom. The summed E-state index contributed by atoms with van der Waals surface area (Å²) < 4.78 is 1.36. The zero-order chi connectivity index (χ0) is 16.0. The van der Waals surface area contributed by atoms with Crippen molar-refractivity contribution < 1.29 is 4.92 Å². The van der Waals surface area contributed by atoms with Crippen molar-refractivity contribution >= 4 is 27.5 Å². The first-order valence-corrected chi connectivity index (χ1v) is 6.88. The summed E-state index contributed by atoms with van der Waals surface area (Å²) >= 11 is 0. The molecule has 0 bridgehead atoms. The molecule has 4 rings (SSSR count). The van der Waals surface area contributed by atoms with Crippen molar-refractivity contribution in [1.29, 1.82) is 0 Å². The van der Waals surface area contributed by atoms with Gasteiger partial charge in [0.1, 0.15) is 0 Å². The van der Waals surface area contributed by atoms with E-state index in [0.29, 0.717) is 16.6 Å². The van der Waals surface area contributed by atoms with E-state index in [4.69, 9.17) is 0 Å². The summed E-state index contributed by atoms with van der Waals surface area (Å²) in [6.45, 7) is 0. The standard InChI is InChI=1S/C16H10N4O3/c21-16-13-9-17-14-4-2-1-3-12(14)15(13)18-19(16)10-5-7-11(8-6-10)20(22)23/h1-9,18H. The predicted molar refractivity (Wildman–Crippen MR) is 85.9 cm³/mol. The molecule has 0 fully saturated rings. The fourth-order valence-electron chi connectivity index (χ4n) is 2.61. The molecule has 4 aromatic rings. The first kappa shape index (κ1) is 13.2. The molecule has 1 N–H and O–H groups in total. The number of H-pyrrole nitrogens is 1. The molecule has 0 aliphatic heterocycles. The summed E-state index contributed by atoms with van der Waals surface area (Å²) in [6, 6.07) is 13.3. The first-order valence-electron chi connectivity index (χ1n) is 6.88. The number of nitro benzene ring substituents is 1. The molecule has 7 heteroatoms. The maximum absolute atomic E-state index is 12.5. The van der Waals surface area contributed by atoms with E-state index in [1.54, 1.807) is 6.20 Å². The Morgan fingerprint density at radius 3 is 2.52 bits per heavy atom. The third-order valence-corrected chi connectivity index (χ3v) is 3.75. The van der Waals surface area contributed by atoms with Gasteiger partial charge in [-0.3, -0.25) is 25.0 Å². The molecule has 0 radical (unpaired) electrons. The zero-order valence-corrected chi connectivity index (χ0v) is 11.8. The molecule has 0 aliphatic rings. The van der Waals surface area contributed by atoms with Crippen LogP contribution >= 0.6 is 0 Å². The Balaban J connectivity index is 1.97. The second-order valence-corrected chi connectivity index (χ2v) is 5.09. The van der Waals surface area contributed by atoms with Gasteiger partial charge >= 0.3 is 0 Å². The van der Waals surface area contributed by atoms with E-state index in [1.807, 2.05) is 24.3 Å². The van der Waals surface area contributed by atoms with Gasteiger partial charge in [-0.15, -0.1) is 0 Å². The van der Waals surface area contributed by atoms with Gasteiger partial charge < -0.3 is 0 Å². The highest BCUT2D eigenvalue weighted by Crippen LogP contribution is 2.21. The Morgan fingerprint density at radius 1 is 1.04 bits per heavy atom. The smallest absolute Gasteiger partial charge is 0.280 e. The SMILES string of the molecule is O=c1c2cnc3ccccc3c2[nH]n1-c1ccc([N+](=O)[O-])cc1. The van der Waals surface area contributed by atoms with E-state index in [-0.39, 0.29) is 11.2 Å². The highest BCUT2D eigenvalue weighted by atomic mass is 16.6. The molecular formula is C16H10N4O3. The fraction of sp³-hybridized carbons (Fsp3) is 0. The maximum Gasteiger partial charge on any atom is 0.280 e. The lowest BCUT2D eigenvalue weighted by atomic mass is 10.2. The van der Waals surface area contributed by atoms with Crippen molar-refractivity contribution in [2.75, 3.05) is 0 Å². The van der Waals surface area contributed by atoms with Crippen LogP contribution in [-0.2, 0) is 0 Å². The van der Waals surface area contributed by atoms with Crippen LogP contribution < -0.4 is 5.56 Å². The van der Waals surface area contributed by atoms with Crippen LogP contribution in [-0.4, -0.2) is 19.7 Å². The van der Waals surface area contributed by atoms with Crippen molar-refractivity contribution in [1.82, 2.24) is 14.8 Å². The molecule has 0 saturated carbocycles. The number of aromatic nitrogens is 3. The number of aromatic amines is 1. The number of pyridine rings is 1. The van der Waals surface area contributed by atoms with Gasteiger partial charge in [-0.25, -0.2) is 4.68 Å². The molecule has 0 saturated heterocycles. The van der Waals surface area contributed by atoms with Crippen molar-refractivity contribution in [3.8, 4) is 5.69 Å². The van der Waals surface area contributed by atoms with Crippen LogP contribution in [0.25, 0.3) is 27.5 Å². The van der Waals surface area contributed by atoms with Crippen LogP contribution in [0.1, 0.15) is 0 Å². The molecule has 112 valence electrons. The van der Waals surface area contributed by atoms with Crippen LogP contribution in [0.15, 0.2) is 59.5 Å². The summed E-state index contributed by atoms with van der Waals surface area (Å²) in [5.74, 6) is 0. The predicted octanol–water partition coefficient (Wildman–Crippen LogP) is 2.78. The van der Waals surface area contributed by atoms with E-state index in [0.717, 1.165) is 10.9 Å². The van der Waals surface area contributed by atoms with Crippen LogP contribution in [0.2, 0.25) is 0 Å². The highest BCUT2D eigenvalue weighted by Gasteiger charge is 2.12. The highest BCUT2D eigenvalue weighted by molar-refractivity contribution is 6.02. The van der Waals surface area contributed by atoms with E-state index >= 15 is 0 Å². The number of nitrogens with one attached hydrogen (secondary N) is 1. The van der Waals surface area contributed by atoms with Gasteiger partial charge in [-0.05, 0) is 18.2 Å². The quantitative estimate of drug-likeness (QED) is 0.455. The Kier molecular flexibility index (Phi) is 2.74. The molecule has 0 spiro atoms. The topological polar surface area (TPSA) is 93.8 Å². The summed E-state index contributed by atoms with van der Waals surface area (Å²) in [5, 5.41) is 15.1. The van der Waals surface area contributed by atoms with Crippen molar-refractivity contribution in [2.24, 2.45) is 0 Å². The van der Waals surface area contributed by atoms with Gasteiger partial charge in [0.15, 0.2) is 0 Å². The second-order valence-electron chi connectivity index (χ2n) is 5.09. The van der Waals surface area contributed by atoms with Gasteiger partial charge in [0, 0.05) is 23.7 Å². The van der Waals surface area contributed by atoms with Crippen LogP contribution in [0.4, 0.5) is 5.69 Å². The number of para-hydroxylation sites is 1. The number of fused-ring (bicyclic) bond motifs is 3. The average molecular weight is 306 g/mol. The normalized spacial score (nSPS) is 11.1. The number of nitro groups is 1. The molecule has 0 amide bonds. The molecule has 2 aromatic carbocycles. The minimum absolute atomic E-state index is 0.0231. The van der Waals surface area contributed by atoms with E-state index in [1.165, 1.54) is 28.9 Å². The molecule has 0 atom stereocenters. The average Bonchev–Trinajstić information content (AvgIpc) is 2.92. The Bertz CT molecular complexity index is 1110. The zero-order valence-electron chi connectivity index (χ0n) is 11.8. The fourth-order valence-corrected chi connectivity index (χ4v) is 2.61. The molecule has 0 unspecified atom stereocenters. The summed E-state index contributed by atoms with van der Waals surface area (Å²) in [5.41, 5.74) is 1.74. The van der Waals surface area contributed by atoms with E-state index < -0.39 is 4.92 Å². The van der Waals surface area contributed by atoms with Crippen LogP contribution in [0, 0.1) is 10.1 Å². The lowest BCUT2D eigenvalue weighted by molar-refractivity contribution is -0.384. The van der Waals surface area contributed by atoms with Crippen molar-refractivity contribution in [3.63, 3.8) is 0 Å². The molecule has 0 aliphatic carbocycles. The minimum Gasteiger partial charge on any atom is -0.290 e. The van der Waals surface area contributed by atoms with Gasteiger partial charge in [-0.1, -0.05) is 18.2 Å².